The molecular formula is C16H14ClN5O. The first kappa shape index (κ1) is 14.1. The Morgan fingerprint density at radius 1 is 1.09 bits per heavy atom. The minimum atomic E-state index is 0.0853. The zero-order valence-corrected chi connectivity index (χ0v) is 12.9. The van der Waals surface area contributed by atoms with E-state index >= 15 is 0 Å². The predicted octanol–water partition coefficient (Wildman–Crippen LogP) is 3.10. The van der Waals surface area contributed by atoms with E-state index in [1.54, 1.807) is 6.20 Å². The van der Waals surface area contributed by atoms with Crippen molar-refractivity contribution in [2.45, 2.75) is 25.0 Å². The number of ether oxygens (including phenoxy) is 1. The molecule has 116 valence electrons. The smallest absolute Gasteiger partial charge is 0.252 e. The Balaban J connectivity index is 1.36. The molecule has 3 aromatic rings. The molecule has 1 aliphatic rings. The van der Waals surface area contributed by atoms with E-state index in [2.05, 4.69) is 25.3 Å². The summed E-state index contributed by atoms with van der Waals surface area (Å²) in [6.45, 7) is 0. The highest BCUT2D eigenvalue weighted by Gasteiger charge is 2.32. The first-order chi connectivity index (χ1) is 11.3. The van der Waals surface area contributed by atoms with E-state index < -0.39 is 0 Å². The summed E-state index contributed by atoms with van der Waals surface area (Å²) < 4.78 is 5.73. The van der Waals surface area contributed by atoms with Gasteiger partial charge in [0.05, 0.1) is 5.52 Å². The van der Waals surface area contributed by atoms with E-state index in [1.807, 2.05) is 30.5 Å². The lowest BCUT2D eigenvalue weighted by Gasteiger charge is -2.35. The first-order valence-corrected chi connectivity index (χ1v) is 7.77. The van der Waals surface area contributed by atoms with Gasteiger partial charge in [0.1, 0.15) is 6.10 Å². The molecule has 1 saturated carbocycles. The molecule has 1 fully saturated rings. The van der Waals surface area contributed by atoms with Gasteiger partial charge in [-0.05, 0) is 6.07 Å². The van der Waals surface area contributed by atoms with Crippen LogP contribution in [0.15, 0.2) is 42.9 Å². The molecule has 6 nitrogen and oxygen atoms in total. The quantitative estimate of drug-likeness (QED) is 0.793. The molecule has 0 bridgehead atoms. The number of fused-ring (bicyclic) bond motifs is 1. The van der Waals surface area contributed by atoms with Gasteiger partial charge in [0.15, 0.2) is 5.15 Å². The van der Waals surface area contributed by atoms with Crippen LogP contribution in [0.25, 0.3) is 10.9 Å². The summed E-state index contributed by atoms with van der Waals surface area (Å²) in [5, 5.41) is 4.66. The number of nitrogens with one attached hydrogen (secondary N) is 1. The average molecular weight is 328 g/mol. The standard InChI is InChI=1S/C16H14ClN5O/c17-14-15(19-6-5-18-14)23-12-7-11(8-12)21-16-20-9-10-3-1-2-4-13(10)22-16/h1-6,9,11-12H,7-8H2,(H,20,21,22)/t11-,12+. The lowest BCUT2D eigenvalue weighted by molar-refractivity contribution is 0.102. The number of hydrogen-bond donors (Lipinski definition) is 1. The Morgan fingerprint density at radius 2 is 1.91 bits per heavy atom. The van der Waals surface area contributed by atoms with E-state index in [4.69, 9.17) is 16.3 Å². The summed E-state index contributed by atoms with van der Waals surface area (Å²) in [7, 11) is 0. The van der Waals surface area contributed by atoms with E-state index in [0.717, 1.165) is 23.7 Å². The lowest BCUT2D eigenvalue weighted by Crippen LogP contribution is -2.43. The van der Waals surface area contributed by atoms with Crippen molar-refractivity contribution in [3.8, 4) is 5.88 Å². The van der Waals surface area contributed by atoms with E-state index in [-0.39, 0.29) is 12.1 Å². The Bertz CT molecular complexity index is 837. The van der Waals surface area contributed by atoms with Crippen LogP contribution in [0, 0.1) is 0 Å². The number of para-hydroxylation sites is 1. The van der Waals surface area contributed by atoms with E-state index in [9.17, 15) is 0 Å². The molecule has 1 aliphatic carbocycles. The fourth-order valence-corrected chi connectivity index (χ4v) is 2.70. The van der Waals surface area contributed by atoms with E-state index in [0.29, 0.717) is 17.0 Å². The van der Waals surface area contributed by atoms with Gasteiger partial charge in [0.25, 0.3) is 5.88 Å². The molecule has 0 aliphatic heterocycles. The second-order valence-electron chi connectivity index (χ2n) is 5.46. The third kappa shape index (κ3) is 3.03. The second kappa shape index (κ2) is 5.96. The Morgan fingerprint density at radius 3 is 2.78 bits per heavy atom. The number of rotatable bonds is 4. The van der Waals surface area contributed by atoms with Crippen LogP contribution in [-0.2, 0) is 0 Å². The van der Waals surface area contributed by atoms with Crippen LogP contribution in [0.5, 0.6) is 5.88 Å². The molecule has 23 heavy (non-hydrogen) atoms. The number of hydrogen-bond acceptors (Lipinski definition) is 6. The molecule has 1 aromatic carbocycles. The summed E-state index contributed by atoms with van der Waals surface area (Å²) in [6.07, 6.45) is 6.72. The number of benzene rings is 1. The normalized spacial score (nSPS) is 20.0. The van der Waals surface area contributed by atoms with Gasteiger partial charge in [0.2, 0.25) is 5.95 Å². The van der Waals surface area contributed by atoms with Gasteiger partial charge < -0.3 is 10.1 Å². The van der Waals surface area contributed by atoms with Crippen molar-refractivity contribution in [3.05, 3.63) is 48.0 Å². The average Bonchev–Trinajstić information content (AvgIpc) is 2.54. The molecule has 2 heterocycles. The lowest BCUT2D eigenvalue weighted by atomic mass is 9.89. The Labute approximate surface area is 137 Å². The Kier molecular flexibility index (Phi) is 3.67. The summed E-state index contributed by atoms with van der Waals surface area (Å²) in [6, 6.07) is 8.21. The first-order valence-electron chi connectivity index (χ1n) is 7.39. The number of halogens is 1. The molecule has 4 rings (SSSR count). The summed E-state index contributed by atoms with van der Waals surface area (Å²) >= 11 is 5.94. The van der Waals surface area contributed by atoms with Crippen LogP contribution in [0.2, 0.25) is 5.15 Å². The topological polar surface area (TPSA) is 72.8 Å². The van der Waals surface area contributed by atoms with Gasteiger partial charge in [-0.3, -0.25) is 0 Å². The molecule has 1 N–H and O–H groups in total. The fraction of sp³-hybridized carbons (Fsp3) is 0.250. The van der Waals surface area contributed by atoms with Gasteiger partial charge >= 0.3 is 0 Å². The van der Waals surface area contributed by atoms with E-state index in [1.165, 1.54) is 6.20 Å². The highest BCUT2D eigenvalue weighted by molar-refractivity contribution is 6.30. The maximum Gasteiger partial charge on any atom is 0.252 e. The van der Waals surface area contributed by atoms with Crippen LogP contribution in [-0.4, -0.2) is 32.1 Å². The third-order valence-electron chi connectivity index (χ3n) is 3.82. The predicted molar refractivity (Wildman–Crippen MR) is 87.6 cm³/mol. The van der Waals surface area contributed by atoms with Crippen LogP contribution in [0.4, 0.5) is 5.95 Å². The van der Waals surface area contributed by atoms with Crippen molar-refractivity contribution in [2.75, 3.05) is 5.32 Å². The molecule has 0 atom stereocenters. The van der Waals surface area contributed by atoms with Crippen LogP contribution < -0.4 is 10.1 Å². The third-order valence-corrected chi connectivity index (χ3v) is 4.08. The van der Waals surface area contributed by atoms with Crippen molar-refractivity contribution < 1.29 is 4.74 Å². The molecule has 0 spiro atoms. The monoisotopic (exact) mass is 327 g/mol. The molecule has 0 saturated heterocycles. The van der Waals surface area contributed by atoms with Crippen LogP contribution in [0.3, 0.4) is 0 Å². The van der Waals surface area contributed by atoms with Crippen molar-refractivity contribution in [1.82, 2.24) is 19.9 Å². The summed E-state index contributed by atoms with van der Waals surface area (Å²) in [5.74, 6) is 1.03. The summed E-state index contributed by atoms with van der Waals surface area (Å²) in [5.41, 5.74) is 0.934. The molecule has 0 radical (unpaired) electrons. The van der Waals surface area contributed by atoms with Crippen molar-refractivity contribution in [1.29, 1.82) is 0 Å². The maximum atomic E-state index is 5.94. The largest absolute Gasteiger partial charge is 0.472 e. The van der Waals surface area contributed by atoms with Gasteiger partial charge in [-0.1, -0.05) is 29.8 Å². The van der Waals surface area contributed by atoms with Gasteiger partial charge in [0, 0.05) is 42.9 Å². The van der Waals surface area contributed by atoms with Gasteiger partial charge in [-0.25, -0.2) is 19.9 Å². The molecule has 7 heteroatoms. The highest BCUT2D eigenvalue weighted by Crippen LogP contribution is 2.29. The molecule has 0 amide bonds. The molecule has 2 aromatic heterocycles. The van der Waals surface area contributed by atoms with Crippen molar-refractivity contribution >= 4 is 28.5 Å². The fourth-order valence-electron chi connectivity index (χ4n) is 2.55. The highest BCUT2D eigenvalue weighted by atomic mass is 35.5. The number of aromatic nitrogens is 4. The Hall–Kier alpha value is -2.47. The maximum absolute atomic E-state index is 5.94. The summed E-state index contributed by atoms with van der Waals surface area (Å²) in [4.78, 5) is 16.9. The number of nitrogens with zero attached hydrogens (tertiary/aromatic N) is 4. The zero-order valence-electron chi connectivity index (χ0n) is 12.2. The minimum absolute atomic E-state index is 0.0853. The SMILES string of the molecule is Clc1nccnc1O[C@H]1C[C@@H](Nc2ncc3ccccc3n2)C1. The van der Waals surface area contributed by atoms with Gasteiger partial charge in [-0.2, -0.15) is 0 Å². The van der Waals surface area contributed by atoms with Crippen LogP contribution >= 0.6 is 11.6 Å². The molecular weight excluding hydrogens is 314 g/mol. The van der Waals surface area contributed by atoms with Crippen molar-refractivity contribution in [2.24, 2.45) is 0 Å². The minimum Gasteiger partial charge on any atom is -0.472 e. The second-order valence-corrected chi connectivity index (χ2v) is 5.82. The van der Waals surface area contributed by atoms with Crippen molar-refractivity contribution in [3.63, 3.8) is 0 Å². The number of anilines is 1. The zero-order chi connectivity index (χ0) is 15.6. The van der Waals surface area contributed by atoms with Gasteiger partial charge in [-0.15, -0.1) is 0 Å². The van der Waals surface area contributed by atoms with Crippen LogP contribution in [0.1, 0.15) is 12.8 Å². The molecule has 0 unspecified atom stereocenters.